The van der Waals surface area contributed by atoms with Crippen molar-refractivity contribution < 1.29 is 14.3 Å². The second-order valence-corrected chi connectivity index (χ2v) is 7.45. The summed E-state index contributed by atoms with van der Waals surface area (Å²) in [4.78, 5) is 13.0. The maximum absolute atomic E-state index is 13.0. The Balaban J connectivity index is 1.50. The molecule has 5 heteroatoms. The van der Waals surface area contributed by atoms with Crippen LogP contribution in [-0.2, 0) is 6.54 Å². The van der Waals surface area contributed by atoms with Crippen molar-refractivity contribution in [2.24, 2.45) is 0 Å². The second kappa shape index (κ2) is 8.03. The highest BCUT2D eigenvalue weighted by Gasteiger charge is 2.20. The first-order valence-electron chi connectivity index (χ1n) is 9.94. The van der Waals surface area contributed by atoms with E-state index in [1.165, 1.54) is 5.56 Å². The van der Waals surface area contributed by atoms with Gasteiger partial charge in [0.15, 0.2) is 11.5 Å². The first kappa shape index (κ1) is 19.1. The molecule has 4 rings (SSSR count). The normalized spacial score (nSPS) is 13.8. The van der Waals surface area contributed by atoms with E-state index in [1.807, 2.05) is 63.2 Å². The molecule has 1 N–H and O–H groups in total. The van der Waals surface area contributed by atoms with Crippen molar-refractivity contribution in [3.63, 3.8) is 0 Å². The summed E-state index contributed by atoms with van der Waals surface area (Å²) in [6, 6.07) is 17.9. The molecule has 1 unspecified atom stereocenters. The van der Waals surface area contributed by atoms with Gasteiger partial charge >= 0.3 is 0 Å². The monoisotopic (exact) mass is 390 g/mol. The molecule has 2 heterocycles. The molecule has 0 fully saturated rings. The summed E-state index contributed by atoms with van der Waals surface area (Å²) in [7, 11) is 0. The number of carbonyl (C=O) groups is 1. The molecule has 1 aromatic heterocycles. The zero-order chi connectivity index (χ0) is 20.4. The lowest BCUT2D eigenvalue weighted by Crippen LogP contribution is -2.27. The molecule has 29 heavy (non-hydrogen) atoms. The summed E-state index contributed by atoms with van der Waals surface area (Å²) < 4.78 is 13.4. The average molecular weight is 390 g/mol. The van der Waals surface area contributed by atoms with Gasteiger partial charge in [-0.3, -0.25) is 4.79 Å². The van der Waals surface area contributed by atoms with E-state index < -0.39 is 0 Å². The van der Waals surface area contributed by atoms with Crippen LogP contribution in [0.2, 0.25) is 0 Å². The smallest absolute Gasteiger partial charge is 0.253 e. The van der Waals surface area contributed by atoms with Crippen LogP contribution >= 0.6 is 0 Å². The Labute approximate surface area is 171 Å². The number of aromatic nitrogens is 1. The molecule has 0 saturated heterocycles. The Bertz CT molecular complexity index is 1020. The average Bonchev–Trinajstić information content (AvgIpc) is 3.02. The quantitative estimate of drug-likeness (QED) is 0.702. The van der Waals surface area contributed by atoms with Crippen molar-refractivity contribution in [3.8, 4) is 11.5 Å². The van der Waals surface area contributed by atoms with Gasteiger partial charge in [0.2, 0.25) is 0 Å². The molecular weight excluding hydrogens is 364 g/mol. The highest BCUT2D eigenvalue weighted by molar-refractivity contribution is 5.96. The molecule has 0 spiro atoms. The van der Waals surface area contributed by atoms with Gasteiger partial charge in [-0.05, 0) is 50.1 Å². The minimum atomic E-state index is -0.143. The Morgan fingerprint density at radius 2 is 1.76 bits per heavy atom. The van der Waals surface area contributed by atoms with Crippen LogP contribution < -0.4 is 14.8 Å². The van der Waals surface area contributed by atoms with Crippen molar-refractivity contribution >= 4 is 5.91 Å². The SMILES string of the molecule is Cc1cc(C(=O)NC(C)c2ccc3c(c2)OCCO3)c(C)n1Cc1ccccc1. The maximum atomic E-state index is 13.0. The van der Waals surface area contributed by atoms with Crippen LogP contribution in [0, 0.1) is 13.8 Å². The van der Waals surface area contributed by atoms with E-state index in [9.17, 15) is 4.79 Å². The number of amides is 1. The number of fused-ring (bicyclic) bond motifs is 1. The molecule has 0 saturated carbocycles. The number of benzene rings is 2. The number of carbonyl (C=O) groups excluding carboxylic acids is 1. The van der Waals surface area contributed by atoms with Crippen LogP contribution in [0.4, 0.5) is 0 Å². The van der Waals surface area contributed by atoms with Crippen LogP contribution in [0.15, 0.2) is 54.6 Å². The van der Waals surface area contributed by atoms with Gasteiger partial charge in [0, 0.05) is 17.9 Å². The molecule has 1 amide bonds. The summed E-state index contributed by atoms with van der Waals surface area (Å²) in [6.07, 6.45) is 0. The Hall–Kier alpha value is -3.21. The minimum absolute atomic E-state index is 0.0696. The first-order chi connectivity index (χ1) is 14.0. The van der Waals surface area contributed by atoms with E-state index in [0.717, 1.165) is 35.0 Å². The maximum Gasteiger partial charge on any atom is 0.253 e. The van der Waals surface area contributed by atoms with Crippen molar-refractivity contribution in [1.29, 1.82) is 0 Å². The zero-order valence-corrected chi connectivity index (χ0v) is 17.1. The van der Waals surface area contributed by atoms with Gasteiger partial charge in [-0.15, -0.1) is 0 Å². The fourth-order valence-electron chi connectivity index (χ4n) is 3.73. The molecule has 0 aliphatic carbocycles. The van der Waals surface area contributed by atoms with Crippen molar-refractivity contribution in [3.05, 3.63) is 82.7 Å². The number of aryl methyl sites for hydroxylation is 1. The molecule has 1 atom stereocenters. The van der Waals surface area contributed by atoms with E-state index in [2.05, 4.69) is 22.0 Å². The predicted molar refractivity (Wildman–Crippen MR) is 113 cm³/mol. The molecule has 1 aliphatic heterocycles. The van der Waals surface area contributed by atoms with Crippen molar-refractivity contribution in [2.75, 3.05) is 13.2 Å². The summed E-state index contributed by atoms with van der Waals surface area (Å²) in [5, 5.41) is 3.12. The second-order valence-electron chi connectivity index (χ2n) is 7.45. The zero-order valence-electron chi connectivity index (χ0n) is 17.1. The third-order valence-corrected chi connectivity index (χ3v) is 5.42. The third-order valence-electron chi connectivity index (χ3n) is 5.42. The Kier molecular flexibility index (Phi) is 5.30. The molecule has 2 aromatic carbocycles. The van der Waals surface area contributed by atoms with E-state index in [1.54, 1.807) is 0 Å². The largest absolute Gasteiger partial charge is 0.486 e. The van der Waals surface area contributed by atoms with Gasteiger partial charge in [0.05, 0.1) is 11.6 Å². The molecule has 0 bridgehead atoms. The van der Waals surface area contributed by atoms with E-state index in [0.29, 0.717) is 18.8 Å². The van der Waals surface area contributed by atoms with Crippen LogP contribution in [0.25, 0.3) is 0 Å². The highest BCUT2D eigenvalue weighted by Crippen LogP contribution is 2.32. The van der Waals surface area contributed by atoms with Crippen molar-refractivity contribution in [1.82, 2.24) is 9.88 Å². The number of hydrogen-bond acceptors (Lipinski definition) is 3. The van der Waals surface area contributed by atoms with Crippen LogP contribution in [0.3, 0.4) is 0 Å². The fraction of sp³-hybridized carbons (Fsp3) is 0.292. The topological polar surface area (TPSA) is 52.5 Å². The van der Waals surface area contributed by atoms with Crippen LogP contribution in [0.5, 0.6) is 11.5 Å². The third kappa shape index (κ3) is 3.99. The molecular formula is C24H26N2O3. The van der Waals surface area contributed by atoms with Gasteiger partial charge in [-0.25, -0.2) is 0 Å². The minimum Gasteiger partial charge on any atom is -0.486 e. The number of nitrogens with zero attached hydrogens (tertiary/aromatic N) is 1. The van der Waals surface area contributed by atoms with Crippen LogP contribution in [0.1, 0.15) is 45.8 Å². The molecule has 0 radical (unpaired) electrons. The summed E-state index contributed by atoms with van der Waals surface area (Å²) in [5.41, 5.74) is 4.95. The number of ether oxygens (including phenoxy) is 2. The van der Waals surface area contributed by atoms with Crippen molar-refractivity contribution in [2.45, 2.75) is 33.4 Å². The predicted octanol–water partition coefficient (Wildman–Crippen LogP) is 4.42. The molecule has 150 valence electrons. The van der Waals surface area contributed by atoms with E-state index in [-0.39, 0.29) is 11.9 Å². The lowest BCUT2D eigenvalue weighted by molar-refractivity contribution is 0.0939. The number of rotatable bonds is 5. The molecule has 1 aliphatic rings. The highest BCUT2D eigenvalue weighted by atomic mass is 16.6. The van der Waals surface area contributed by atoms with Gasteiger partial charge in [-0.1, -0.05) is 36.4 Å². The van der Waals surface area contributed by atoms with E-state index >= 15 is 0 Å². The van der Waals surface area contributed by atoms with Gasteiger partial charge in [-0.2, -0.15) is 0 Å². The standard InChI is InChI=1S/C24H26N2O3/c1-16-13-21(18(3)26(16)15-19-7-5-4-6-8-19)24(27)25-17(2)20-9-10-22-23(14-20)29-12-11-28-22/h4-10,13-14,17H,11-12,15H2,1-3H3,(H,25,27). The Morgan fingerprint density at radius 1 is 1.03 bits per heavy atom. The van der Waals surface area contributed by atoms with E-state index in [4.69, 9.17) is 9.47 Å². The van der Waals surface area contributed by atoms with Gasteiger partial charge in [0.25, 0.3) is 5.91 Å². The van der Waals surface area contributed by atoms with Crippen LogP contribution in [-0.4, -0.2) is 23.7 Å². The van der Waals surface area contributed by atoms with Gasteiger partial charge < -0.3 is 19.4 Å². The summed E-state index contributed by atoms with van der Waals surface area (Å²) in [5.74, 6) is 1.42. The molecule has 5 nitrogen and oxygen atoms in total. The number of hydrogen-bond donors (Lipinski definition) is 1. The number of nitrogens with one attached hydrogen (secondary N) is 1. The Morgan fingerprint density at radius 3 is 2.52 bits per heavy atom. The fourth-order valence-corrected chi connectivity index (χ4v) is 3.73. The molecule has 3 aromatic rings. The lowest BCUT2D eigenvalue weighted by atomic mass is 10.1. The lowest BCUT2D eigenvalue weighted by Gasteiger charge is -2.21. The first-order valence-corrected chi connectivity index (χ1v) is 9.94. The summed E-state index contributed by atoms with van der Waals surface area (Å²) in [6.45, 7) is 7.88. The van der Waals surface area contributed by atoms with Gasteiger partial charge in [0.1, 0.15) is 13.2 Å². The summed E-state index contributed by atoms with van der Waals surface area (Å²) >= 11 is 0.